The second-order valence-electron chi connectivity index (χ2n) is 9.71. The zero-order valence-electron chi connectivity index (χ0n) is 21.1. The van der Waals surface area contributed by atoms with E-state index in [1.165, 1.54) is 16.2 Å². The number of amides is 3. The molecule has 2 aliphatic rings. The quantitative estimate of drug-likeness (QED) is 0.375. The van der Waals surface area contributed by atoms with Crippen molar-refractivity contribution in [2.75, 3.05) is 24.5 Å². The Hall–Kier alpha value is -3.52. The van der Waals surface area contributed by atoms with Gasteiger partial charge in [-0.05, 0) is 37.0 Å². The third-order valence-electron chi connectivity index (χ3n) is 7.17. The summed E-state index contributed by atoms with van der Waals surface area (Å²) in [6, 6.07) is 15.6. The van der Waals surface area contributed by atoms with Crippen molar-refractivity contribution in [3.05, 3.63) is 81.8 Å². The summed E-state index contributed by atoms with van der Waals surface area (Å²) in [5.41, 5.74) is 2.76. The number of unbranched alkanes of at least 4 members (excludes halogenated alkanes) is 1. The Kier molecular flexibility index (Phi) is 7.65. The maximum Gasteiger partial charge on any atom is 0.264 e. The number of anilines is 1. The minimum atomic E-state index is -0.284. The Morgan fingerprint density at radius 1 is 1.11 bits per heavy atom. The molecule has 192 valence electrons. The van der Waals surface area contributed by atoms with Crippen LogP contribution in [0.2, 0.25) is 0 Å². The summed E-state index contributed by atoms with van der Waals surface area (Å²) < 4.78 is 0. The fourth-order valence-electron chi connectivity index (χ4n) is 5.26. The van der Waals surface area contributed by atoms with E-state index in [0.29, 0.717) is 24.2 Å². The van der Waals surface area contributed by atoms with Gasteiger partial charge in [-0.25, -0.2) is 4.98 Å². The largest absolute Gasteiger partial charge is 0.370 e. The number of imide groups is 1. The first-order valence-electron chi connectivity index (χ1n) is 13.0. The zero-order valence-corrected chi connectivity index (χ0v) is 22.0. The molecule has 0 spiro atoms. The average molecular weight is 517 g/mol. The molecule has 1 atom stereocenters. The van der Waals surface area contributed by atoms with Gasteiger partial charge in [0.15, 0.2) is 0 Å². The van der Waals surface area contributed by atoms with Crippen LogP contribution in [0.4, 0.5) is 5.69 Å². The van der Waals surface area contributed by atoms with Crippen LogP contribution in [0.25, 0.3) is 0 Å². The molecular formula is C29H32N4O3S. The summed E-state index contributed by atoms with van der Waals surface area (Å²) >= 11 is 1.43. The SMILES string of the molecule is CCCCN(Cc1ccccc1)C(=O)[C@H]1CCCN(c2cccc3c2C(=O)N(Cc2nccs2)C3=O)C1. The second-order valence-corrected chi connectivity index (χ2v) is 10.7. The van der Waals surface area contributed by atoms with Crippen molar-refractivity contribution < 1.29 is 14.4 Å². The highest BCUT2D eigenvalue weighted by Gasteiger charge is 2.40. The lowest BCUT2D eigenvalue weighted by Gasteiger charge is -2.37. The molecule has 1 saturated heterocycles. The van der Waals surface area contributed by atoms with Crippen LogP contribution < -0.4 is 4.90 Å². The zero-order chi connectivity index (χ0) is 25.8. The smallest absolute Gasteiger partial charge is 0.264 e. The number of carbonyl (C=O) groups is 3. The normalized spacial score (nSPS) is 17.3. The van der Waals surface area contributed by atoms with Gasteiger partial charge in [0.1, 0.15) is 5.01 Å². The van der Waals surface area contributed by atoms with E-state index >= 15 is 0 Å². The molecule has 3 aromatic rings. The first kappa shape index (κ1) is 25.1. The van der Waals surface area contributed by atoms with Crippen molar-refractivity contribution >= 4 is 34.7 Å². The summed E-state index contributed by atoms with van der Waals surface area (Å²) in [4.78, 5) is 49.9. The lowest BCUT2D eigenvalue weighted by atomic mass is 9.94. The van der Waals surface area contributed by atoms with Gasteiger partial charge in [-0.2, -0.15) is 0 Å². The van der Waals surface area contributed by atoms with E-state index in [2.05, 4.69) is 28.9 Å². The second kappa shape index (κ2) is 11.3. The average Bonchev–Trinajstić information content (AvgIpc) is 3.54. The molecule has 0 bridgehead atoms. The van der Waals surface area contributed by atoms with Crippen molar-refractivity contribution in [2.45, 2.75) is 45.7 Å². The lowest BCUT2D eigenvalue weighted by Crippen LogP contribution is -2.45. The minimum Gasteiger partial charge on any atom is -0.370 e. The van der Waals surface area contributed by atoms with E-state index in [-0.39, 0.29) is 30.2 Å². The van der Waals surface area contributed by atoms with Crippen molar-refractivity contribution in [2.24, 2.45) is 5.92 Å². The predicted molar refractivity (Wildman–Crippen MR) is 144 cm³/mol. The first-order valence-corrected chi connectivity index (χ1v) is 13.9. The Bertz CT molecular complexity index is 1260. The molecule has 3 amide bonds. The van der Waals surface area contributed by atoms with Gasteiger partial charge in [0.05, 0.1) is 29.3 Å². The highest BCUT2D eigenvalue weighted by molar-refractivity contribution is 7.09. The van der Waals surface area contributed by atoms with Crippen molar-refractivity contribution in [3.63, 3.8) is 0 Å². The molecule has 0 saturated carbocycles. The van der Waals surface area contributed by atoms with Gasteiger partial charge in [-0.15, -0.1) is 11.3 Å². The standard InChI is InChI=1S/C29H32N4O3S/c1-2-3-15-32(18-21-9-5-4-6-10-21)27(34)22-11-8-16-31(19-22)24-13-7-12-23-26(24)29(36)33(28(23)35)20-25-30-14-17-37-25/h4-7,9-10,12-14,17,22H,2-3,8,11,15-16,18-20H2,1H3/t22-/m0/s1. The molecule has 37 heavy (non-hydrogen) atoms. The van der Waals surface area contributed by atoms with Crippen LogP contribution in [0, 0.1) is 5.92 Å². The molecule has 0 N–H and O–H groups in total. The van der Waals surface area contributed by atoms with Crippen LogP contribution in [-0.2, 0) is 17.9 Å². The first-order chi connectivity index (χ1) is 18.1. The van der Waals surface area contributed by atoms with Gasteiger partial charge >= 0.3 is 0 Å². The Morgan fingerprint density at radius 2 is 1.95 bits per heavy atom. The molecule has 3 heterocycles. The van der Waals surface area contributed by atoms with Crippen LogP contribution in [0.15, 0.2) is 60.1 Å². The van der Waals surface area contributed by atoms with Crippen LogP contribution in [-0.4, -0.2) is 52.1 Å². The molecule has 5 rings (SSSR count). The van der Waals surface area contributed by atoms with Crippen LogP contribution in [0.3, 0.4) is 0 Å². The maximum atomic E-state index is 13.7. The molecule has 2 aromatic carbocycles. The molecule has 0 radical (unpaired) electrons. The van der Waals surface area contributed by atoms with Crippen LogP contribution in [0.5, 0.6) is 0 Å². The van der Waals surface area contributed by atoms with E-state index in [4.69, 9.17) is 0 Å². The van der Waals surface area contributed by atoms with Crippen LogP contribution in [0.1, 0.15) is 63.9 Å². The number of fused-ring (bicyclic) bond motifs is 1. The van der Waals surface area contributed by atoms with Gasteiger partial charge in [-0.3, -0.25) is 19.3 Å². The predicted octanol–water partition coefficient (Wildman–Crippen LogP) is 4.98. The molecule has 0 aliphatic carbocycles. The summed E-state index contributed by atoms with van der Waals surface area (Å²) in [5.74, 6) is -0.547. The van der Waals surface area contributed by atoms with Gasteiger partial charge in [0.2, 0.25) is 5.91 Å². The molecule has 1 fully saturated rings. The van der Waals surface area contributed by atoms with Crippen molar-refractivity contribution in [1.82, 2.24) is 14.8 Å². The molecule has 7 nitrogen and oxygen atoms in total. The van der Waals surface area contributed by atoms with Crippen molar-refractivity contribution in [3.8, 4) is 0 Å². The topological polar surface area (TPSA) is 73.8 Å². The Morgan fingerprint density at radius 3 is 2.70 bits per heavy atom. The highest BCUT2D eigenvalue weighted by Crippen LogP contribution is 2.35. The van der Waals surface area contributed by atoms with Crippen LogP contribution >= 0.6 is 11.3 Å². The van der Waals surface area contributed by atoms with E-state index in [9.17, 15) is 14.4 Å². The van der Waals surface area contributed by atoms with E-state index in [1.807, 2.05) is 40.6 Å². The maximum absolute atomic E-state index is 13.7. The van der Waals surface area contributed by atoms with Gasteiger partial charge in [0.25, 0.3) is 11.8 Å². The fraction of sp³-hybridized carbons (Fsp3) is 0.379. The lowest BCUT2D eigenvalue weighted by molar-refractivity contribution is -0.136. The van der Waals surface area contributed by atoms with Gasteiger partial charge in [0, 0.05) is 37.8 Å². The number of aromatic nitrogens is 1. The van der Waals surface area contributed by atoms with Gasteiger partial charge in [-0.1, -0.05) is 49.7 Å². The summed E-state index contributed by atoms with van der Waals surface area (Å²) in [5, 5.41) is 2.57. The molecule has 0 unspecified atom stereocenters. The fourth-order valence-corrected chi connectivity index (χ4v) is 5.87. The number of nitrogens with zero attached hydrogens (tertiary/aromatic N) is 4. The third kappa shape index (κ3) is 5.30. The third-order valence-corrected chi connectivity index (χ3v) is 7.94. The summed E-state index contributed by atoms with van der Waals surface area (Å²) in [6.07, 6.45) is 5.35. The number of thiazole rings is 1. The van der Waals surface area contributed by atoms with Gasteiger partial charge < -0.3 is 9.80 Å². The summed E-state index contributed by atoms with van der Waals surface area (Å²) in [6.45, 7) is 4.95. The highest BCUT2D eigenvalue weighted by atomic mass is 32.1. The van der Waals surface area contributed by atoms with Crippen molar-refractivity contribution in [1.29, 1.82) is 0 Å². The number of carbonyl (C=O) groups excluding carboxylic acids is 3. The van der Waals surface area contributed by atoms with E-state index < -0.39 is 0 Å². The number of benzene rings is 2. The number of hydrogen-bond donors (Lipinski definition) is 0. The molecule has 8 heteroatoms. The van der Waals surface area contributed by atoms with E-state index in [0.717, 1.165) is 55.0 Å². The van der Waals surface area contributed by atoms with E-state index in [1.54, 1.807) is 12.3 Å². The number of rotatable bonds is 9. The monoisotopic (exact) mass is 516 g/mol. The number of piperidine rings is 1. The Balaban J connectivity index is 1.35. The molecular weight excluding hydrogens is 484 g/mol. The Labute approximate surface area is 221 Å². The number of hydrogen-bond acceptors (Lipinski definition) is 6. The molecule has 2 aliphatic heterocycles. The molecule has 1 aromatic heterocycles. The minimum absolute atomic E-state index is 0.149. The summed E-state index contributed by atoms with van der Waals surface area (Å²) in [7, 11) is 0.